The summed E-state index contributed by atoms with van der Waals surface area (Å²) in [6.45, 7) is 8.47. The number of nitrogens with one attached hydrogen (secondary N) is 1. The van der Waals surface area contributed by atoms with Gasteiger partial charge in [-0.3, -0.25) is 9.59 Å². The third kappa shape index (κ3) is 4.20. The van der Waals surface area contributed by atoms with E-state index in [4.69, 9.17) is 4.74 Å². The van der Waals surface area contributed by atoms with Gasteiger partial charge in [0.2, 0.25) is 11.8 Å². The monoisotopic (exact) mass is 270 g/mol. The maximum absolute atomic E-state index is 12.6. The largest absolute Gasteiger partial charge is 0.383 e. The van der Waals surface area contributed by atoms with Crippen LogP contribution in [0.25, 0.3) is 0 Å². The Bertz CT molecular complexity index is 331. The molecule has 0 aromatic rings. The standard InChI is InChI=1S/C14H26N2O3/c1-9(2)6-12-14(18)16(11(4)8-19-5)10(3)7-13(17)15-12/h9-12H,6-8H2,1-5H3,(H,15,17). The second kappa shape index (κ2) is 6.89. The highest BCUT2D eigenvalue weighted by Gasteiger charge is 2.36. The molecule has 1 aliphatic rings. The van der Waals surface area contributed by atoms with Gasteiger partial charge in [-0.25, -0.2) is 0 Å². The van der Waals surface area contributed by atoms with E-state index >= 15 is 0 Å². The van der Waals surface area contributed by atoms with Crippen molar-refractivity contribution in [3.63, 3.8) is 0 Å². The number of ether oxygens (including phenoxy) is 1. The normalized spacial score (nSPS) is 26.3. The number of amides is 2. The van der Waals surface area contributed by atoms with Crippen LogP contribution in [0.1, 0.15) is 40.5 Å². The lowest BCUT2D eigenvalue weighted by Crippen LogP contribution is -2.51. The molecular formula is C14H26N2O3. The van der Waals surface area contributed by atoms with Crippen molar-refractivity contribution in [2.45, 2.75) is 58.7 Å². The van der Waals surface area contributed by atoms with Crippen LogP contribution in [0.4, 0.5) is 0 Å². The minimum absolute atomic E-state index is 0.0107. The lowest BCUT2D eigenvalue weighted by Gasteiger charge is -2.34. The summed E-state index contributed by atoms with van der Waals surface area (Å²) in [5.41, 5.74) is 0. The maximum atomic E-state index is 12.6. The van der Waals surface area contributed by atoms with E-state index in [0.29, 0.717) is 25.4 Å². The molecule has 2 amide bonds. The van der Waals surface area contributed by atoms with E-state index < -0.39 is 6.04 Å². The molecule has 19 heavy (non-hydrogen) atoms. The summed E-state index contributed by atoms with van der Waals surface area (Å²) in [5.74, 6) is 0.331. The molecule has 1 rings (SSSR count). The van der Waals surface area contributed by atoms with Gasteiger partial charge in [0.05, 0.1) is 12.6 Å². The summed E-state index contributed by atoms with van der Waals surface area (Å²) in [4.78, 5) is 26.2. The zero-order valence-electron chi connectivity index (χ0n) is 12.6. The van der Waals surface area contributed by atoms with Crippen molar-refractivity contribution in [1.82, 2.24) is 10.2 Å². The second-order valence-electron chi connectivity index (χ2n) is 5.85. The third-order valence-corrected chi connectivity index (χ3v) is 3.43. The number of hydrogen-bond acceptors (Lipinski definition) is 3. The number of carbonyl (C=O) groups is 2. The van der Waals surface area contributed by atoms with Crippen LogP contribution in [0.2, 0.25) is 0 Å². The van der Waals surface area contributed by atoms with Crippen LogP contribution in [-0.4, -0.2) is 48.6 Å². The number of hydrogen-bond donors (Lipinski definition) is 1. The Labute approximate surface area is 115 Å². The number of nitrogens with zero attached hydrogens (tertiary/aromatic N) is 1. The Balaban J connectivity index is 2.92. The van der Waals surface area contributed by atoms with E-state index in [1.54, 1.807) is 12.0 Å². The number of carbonyl (C=O) groups excluding carboxylic acids is 2. The first kappa shape index (κ1) is 16.0. The van der Waals surface area contributed by atoms with Gasteiger partial charge in [-0.15, -0.1) is 0 Å². The summed E-state index contributed by atoms with van der Waals surface area (Å²) in [6, 6.07) is -0.513. The molecule has 0 spiro atoms. The van der Waals surface area contributed by atoms with E-state index in [9.17, 15) is 9.59 Å². The molecule has 0 bridgehead atoms. The van der Waals surface area contributed by atoms with Gasteiger partial charge in [0.15, 0.2) is 0 Å². The molecule has 1 heterocycles. The van der Waals surface area contributed by atoms with E-state index in [2.05, 4.69) is 19.2 Å². The molecular weight excluding hydrogens is 244 g/mol. The van der Waals surface area contributed by atoms with Crippen molar-refractivity contribution in [3.8, 4) is 0 Å². The van der Waals surface area contributed by atoms with Crippen molar-refractivity contribution in [2.75, 3.05) is 13.7 Å². The van der Waals surface area contributed by atoms with Crippen LogP contribution in [0.15, 0.2) is 0 Å². The van der Waals surface area contributed by atoms with Crippen LogP contribution in [-0.2, 0) is 14.3 Å². The van der Waals surface area contributed by atoms with Gasteiger partial charge >= 0.3 is 0 Å². The average molecular weight is 270 g/mol. The fraction of sp³-hybridized carbons (Fsp3) is 0.857. The Hall–Kier alpha value is -1.10. The first-order valence-electron chi connectivity index (χ1n) is 6.97. The van der Waals surface area contributed by atoms with Crippen LogP contribution >= 0.6 is 0 Å². The highest BCUT2D eigenvalue weighted by atomic mass is 16.5. The maximum Gasteiger partial charge on any atom is 0.245 e. The summed E-state index contributed by atoms with van der Waals surface area (Å²) in [5, 5.41) is 2.85. The van der Waals surface area contributed by atoms with Crippen LogP contribution in [0.5, 0.6) is 0 Å². The van der Waals surface area contributed by atoms with Crippen molar-refractivity contribution in [2.24, 2.45) is 5.92 Å². The van der Waals surface area contributed by atoms with Crippen molar-refractivity contribution >= 4 is 11.8 Å². The van der Waals surface area contributed by atoms with Gasteiger partial charge in [-0.1, -0.05) is 13.8 Å². The molecule has 3 atom stereocenters. The highest BCUT2D eigenvalue weighted by molar-refractivity contribution is 5.90. The molecule has 5 heteroatoms. The van der Waals surface area contributed by atoms with E-state index in [-0.39, 0.29) is 23.9 Å². The topological polar surface area (TPSA) is 58.6 Å². The molecule has 5 nitrogen and oxygen atoms in total. The Morgan fingerprint density at radius 1 is 1.37 bits per heavy atom. The minimum atomic E-state index is -0.406. The Morgan fingerprint density at radius 3 is 2.53 bits per heavy atom. The van der Waals surface area contributed by atoms with Crippen molar-refractivity contribution < 1.29 is 14.3 Å². The zero-order chi connectivity index (χ0) is 14.6. The van der Waals surface area contributed by atoms with E-state index in [1.807, 2.05) is 13.8 Å². The van der Waals surface area contributed by atoms with Crippen LogP contribution in [0.3, 0.4) is 0 Å². The quantitative estimate of drug-likeness (QED) is 0.816. The smallest absolute Gasteiger partial charge is 0.245 e. The van der Waals surface area contributed by atoms with E-state index in [1.165, 1.54) is 0 Å². The predicted molar refractivity (Wildman–Crippen MR) is 73.6 cm³/mol. The van der Waals surface area contributed by atoms with Gasteiger partial charge in [-0.2, -0.15) is 0 Å². The van der Waals surface area contributed by atoms with Gasteiger partial charge in [0.25, 0.3) is 0 Å². The first-order chi connectivity index (χ1) is 8.86. The van der Waals surface area contributed by atoms with Gasteiger partial charge < -0.3 is 15.0 Å². The Morgan fingerprint density at radius 2 is 2.00 bits per heavy atom. The molecule has 0 aliphatic carbocycles. The SMILES string of the molecule is COCC(C)N1C(=O)C(CC(C)C)NC(=O)CC1C. The van der Waals surface area contributed by atoms with Gasteiger partial charge in [0, 0.05) is 19.6 Å². The molecule has 110 valence electrons. The molecule has 0 radical (unpaired) electrons. The fourth-order valence-electron chi connectivity index (χ4n) is 2.68. The van der Waals surface area contributed by atoms with Crippen LogP contribution in [0, 0.1) is 5.92 Å². The average Bonchev–Trinajstić information content (AvgIpc) is 2.36. The van der Waals surface area contributed by atoms with Gasteiger partial charge in [-0.05, 0) is 26.2 Å². The molecule has 0 aromatic heterocycles. The Kier molecular flexibility index (Phi) is 5.79. The molecule has 1 aliphatic heterocycles. The first-order valence-corrected chi connectivity index (χ1v) is 6.97. The van der Waals surface area contributed by atoms with Crippen molar-refractivity contribution in [3.05, 3.63) is 0 Å². The minimum Gasteiger partial charge on any atom is -0.383 e. The number of methoxy groups -OCH3 is 1. The van der Waals surface area contributed by atoms with E-state index in [0.717, 1.165) is 0 Å². The summed E-state index contributed by atoms with van der Waals surface area (Å²) >= 11 is 0. The molecule has 3 unspecified atom stereocenters. The van der Waals surface area contributed by atoms with Gasteiger partial charge in [0.1, 0.15) is 6.04 Å². The second-order valence-corrected chi connectivity index (χ2v) is 5.85. The lowest BCUT2D eigenvalue weighted by molar-refractivity contribution is -0.138. The summed E-state index contributed by atoms with van der Waals surface area (Å²) in [7, 11) is 1.62. The molecule has 0 saturated carbocycles. The molecule has 0 aromatic carbocycles. The fourth-order valence-corrected chi connectivity index (χ4v) is 2.68. The molecule has 1 saturated heterocycles. The highest BCUT2D eigenvalue weighted by Crippen LogP contribution is 2.18. The molecule has 1 fully saturated rings. The summed E-state index contributed by atoms with van der Waals surface area (Å²) in [6.07, 6.45) is 1.03. The lowest BCUT2D eigenvalue weighted by atomic mass is 10.0. The van der Waals surface area contributed by atoms with Crippen molar-refractivity contribution in [1.29, 1.82) is 0 Å². The summed E-state index contributed by atoms with van der Waals surface area (Å²) < 4.78 is 5.14. The predicted octanol–water partition coefficient (Wildman–Crippen LogP) is 1.17. The number of rotatable bonds is 5. The molecule has 1 N–H and O–H groups in total. The van der Waals surface area contributed by atoms with Crippen LogP contribution < -0.4 is 5.32 Å². The third-order valence-electron chi connectivity index (χ3n) is 3.43. The zero-order valence-corrected chi connectivity index (χ0v) is 12.6.